The summed E-state index contributed by atoms with van der Waals surface area (Å²) < 4.78 is 12.4. The van der Waals surface area contributed by atoms with E-state index in [2.05, 4.69) is 12.1 Å². The van der Waals surface area contributed by atoms with Crippen LogP contribution in [0.1, 0.15) is 59.7 Å². The van der Waals surface area contributed by atoms with Crippen molar-refractivity contribution >= 4 is 29.2 Å². The van der Waals surface area contributed by atoms with Gasteiger partial charge in [0.25, 0.3) is 0 Å². The third kappa shape index (κ3) is 5.45. The zero-order valence-electron chi connectivity index (χ0n) is 17.8. The normalized spacial score (nSPS) is 11.5. The van der Waals surface area contributed by atoms with Crippen molar-refractivity contribution in [3.8, 4) is 0 Å². The molecule has 3 rings (SSSR count). The van der Waals surface area contributed by atoms with E-state index in [9.17, 15) is 9.59 Å². The van der Waals surface area contributed by atoms with Crippen LogP contribution in [0.4, 0.5) is 0 Å². The Kier molecular flexibility index (Phi) is 6.87. The minimum atomic E-state index is -0.626. The number of carbonyl (C=O) groups is 2. The van der Waals surface area contributed by atoms with Crippen molar-refractivity contribution in [1.82, 2.24) is 4.40 Å². The lowest BCUT2D eigenvalue weighted by Gasteiger charge is -2.19. The summed E-state index contributed by atoms with van der Waals surface area (Å²) in [6, 6.07) is 15.8. The van der Waals surface area contributed by atoms with Gasteiger partial charge in [-0.25, -0.2) is 9.59 Å². The van der Waals surface area contributed by atoms with E-state index >= 15 is 0 Å². The van der Waals surface area contributed by atoms with E-state index in [0.717, 1.165) is 17.1 Å². The van der Waals surface area contributed by atoms with E-state index in [1.54, 1.807) is 29.2 Å². The lowest BCUT2D eigenvalue weighted by Crippen LogP contribution is -2.24. The van der Waals surface area contributed by atoms with E-state index < -0.39 is 17.5 Å². The third-order valence-corrected chi connectivity index (χ3v) is 5.39. The molecule has 0 radical (unpaired) electrons. The summed E-state index contributed by atoms with van der Waals surface area (Å²) >= 11 is 1.80. The monoisotopic (exact) mass is 425 g/mol. The molecule has 5 nitrogen and oxygen atoms in total. The number of benzene rings is 1. The van der Waals surface area contributed by atoms with Crippen molar-refractivity contribution in [3.05, 3.63) is 77.1 Å². The highest BCUT2D eigenvalue weighted by atomic mass is 32.2. The molecule has 0 amide bonds. The van der Waals surface area contributed by atoms with Gasteiger partial charge in [-0.05, 0) is 57.0 Å². The number of esters is 2. The summed E-state index contributed by atoms with van der Waals surface area (Å²) in [7, 11) is 0. The van der Waals surface area contributed by atoms with E-state index in [1.807, 2.05) is 57.3 Å². The molecular weight excluding hydrogens is 398 g/mol. The third-order valence-electron chi connectivity index (χ3n) is 4.32. The van der Waals surface area contributed by atoms with Gasteiger partial charge in [0.05, 0.1) is 17.7 Å². The molecule has 0 unspecified atom stereocenters. The molecule has 0 aliphatic carbocycles. The Morgan fingerprint density at radius 1 is 0.967 bits per heavy atom. The number of hydrogen-bond donors (Lipinski definition) is 0. The number of ether oxygens (including phenoxy) is 2. The van der Waals surface area contributed by atoms with Crippen LogP contribution in [0.5, 0.6) is 0 Å². The molecule has 0 spiro atoms. The number of pyridine rings is 1. The molecular formula is C24H27NO4S. The smallest absolute Gasteiger partial charge is 0.355 e. The Morgan fingerprint density at radius 3 is 2.33 bits per heavy atom. The Hall–Kier alpha value is -2.73. The molecule has 3 aromatic rings. The van der Waals surface area contributed by atoms with E-state index in [-0.39, 0.29) is 6.61 Å². The molecule has 0 bridgehead atoms. The standard InChI is InChI=1S/C24H27NO4S/c1-5-28-22(26)19-14-21(23(27)29-24(2,3)4)25-12-11-18(13-20(19)25)16-30-15-17-9-7-6-8-10-17/h6-14H,5,15-16H2,1-4H3. The van der Waals surface area contributed by atoms with E-state index in [0.29, 0.717) is 16.8 Å². The van der Waals surface area contributed by atoms with Gasteiger partial charge in [0.1, 0.15) is 11.3 Å². The van der Waals surface area contributed by atoms with Gasteiger partial charge < -0.3 is 13.9 Å². The van der Waals surface area contributed by atoms with Gasteiger partial charge in [-0.15, -0.1) is 0 Å². The number of aromatic nitrogens is 1. The van der Waals surface area contributed by atoms with Crippen molar-refractivity contribution in [2.75, 3.05) is 6.61 Å². The van der Waals surface area contributed by atoms with E-state index in [4.69, 9.17) is 9.47 Å². The molecule has 2 aromatic heterocycles. The van der Waals surface area contributed by atoms with Crippen LogP contribution in [-0.2, 0) is 21.0 Å². The average molecular weight is 426 g/mol. The molecule has 6 heteroatoms. The van der Waals surface area contributed by atoms with Gasteiger partial charge >= 0.3 is 11.9 Å². The van der Waals surface area contributed by atoms with Crippen molar-refractivity contribution in [2.45, 2.75) is 44.8 Å². The van der Waals surface area contributed by atoms with Crippen LogP contribution >= 0.6 is 11.8 Å². The SMILES string of the molecule is CCOC(=O)c1cc(C(=O)OC(C)(C)C)n2ccc(CSCc3ccccc3)cc12. The molecule has 0 saturated heterocycles. The predicted molar refractivity (Wildman–Crippen MR) is 120 cm³/mol. The first-order valence-corrected chi connectivity index (χ1v) is 11.1. The fourth-order valence-corrected chi connectivity index (χ4v) is 4.00. The van der Waals surface area contributed by atoms with Gasteiger partial charge in [-0.1, -0.05) is 30.3 Å². The summed E-state index contributed by atoms with van der Waals surface area (Å²) in [5.41, 5.74) is 3.04. The second-order valence-corrected chi connectivity index (χ2v) is 8.92. The Balaban J connectivity index is 1.88. The molecule has 158 valence electrons. The molecule has 30 heavy (non-hydrogen) atoms. The van der Waals surface area contributed by atoms with Crippen LogP contribution in [0.2, 0.25) is 0 Å². The first-order chi connectivity index (χ1) is 14.3. The fourth-order valence-electron chi connectivity index (χ4n) is 3.05. The highest BCUT2D eigenvalue weighted by Crippen LogP contribution is 2.25. The van der Waals surface area contributed by atoms with Crippen LogP contribution in [0.15, 0.2) is 54.7 Å². The predicted octanol–water partition coefficient (Wildman–Crippen LogP) is 5.50. The van der Waals surface area contributed by atoms with Crippen LogP contribution in [0.25, 0.3) is 5.52 Å². The van der Waals surface area contributed by atoms with Gasteiger partial charge in [0.15, 0.2) is 0 Å². The first-order valence-electron chi connectivity index (χ1n) is 9.94. The molecule has 0 fully saturated rings. The molecule has 0 atom stereocenters. The summed E-state index contributed by atoms with van der Waals surface area (Å²) in [5.74, 6) is 0.778. The summed E-state index contributed by atoms with van der Waals surface area (Å²) in [6.07, 6.45) is 1.82. The van der Waals surface area contributed by atoms with Gasteiger partial charge in [-0.3, -0.25) is 0 Å². The minimum Gasteiger partial charge on any atom is -0.462 e. The van der Waals surface area contributed by atoms with Crippen molar-refractivity contribution in [1.29, 1.82) is 0 Å². The maximum atomic E-state index is 12.7. The zero-order valence-corrected chi connectivity index (χ0v) is 18.6. The quantitative estimate of drug-likeness (QED) is 0.468. The number of thioether (sulfide) groups is 1. The summed E-state index contributed by atoms with van der Waals surface area (Å²) in [6.45, 7) is 7.47. The first kappa shape index (κ1) is 22.0. The number of carbonyl (C=O) groups excluding carboxylic acids is 2. The number of fused-ring (bicyclic) bond motifs is 1. The average Bonchev–Trinajstić information content (AvgIpc) is 3.07. The highest BCUT2D eigenvalue weighted by molar-refractivity contribution is 7.97. The van der Waals surface area contributed by atoms with Gasteiger partial charge in [0, 0.05) is 17.7 Å². The van der Waals surface area contributed by atoms with Gasteiger partial charge in [-0.2, -0.15) is 11.8 Å². The molecule has 1 aromatic carbocycles. The maximum absolute atomic E-state index is 12.7. The highest BCUT2D eigenvalue weighted by Gasteiger charge is 2.25. The number of hydrogen-bond acceptors (Lipinski definition) is 5. The zero-order chi connectivity index (χ0) is 21.7. The summed E-state index contributed by atoms with van der Waals surface area (Å²) in [5, 5.41) is 0. The molecule has 0 N–H and O–H groups in total. The van der Waals surface area contributed by atoms with Crippen LogP contribution in [0.3, 0.4) is 0 Å². The Morgan fingerprint density at radius 2 is 1.67 bits per heavy atom. The summed E-state index contributed by atoms with van der Waals surface area (Å²) in [4.78, 5) is 25.2. The number of rotatable bonds is 7. The lowest BCUT2D eigenvalue weighted by atomic mass is 10.2. The van der Waals surface area contributed by atoms with Crippen LogP contribution in [-0.4, -0.2) is 28.5 Å². The Bertz CT molecular complexity index is 1030. The molecule has 0 saturated carbocycles. The molecule has 0 aliphatic rings. The van der Waals surface area contributed by atoms with Gasteiger partial charge in [0.2, 0.25) is 0 Å². The largest absolute Gasteiger partial charge is 0.462 e. The molecule has 0 aliphatic heterocycles. The Labute approximate surface area is 181 Å². The van der Waals surface area contributed by atoms with Crippen molar-refractivity contribution in [2.24, 2.45) is 0 Å². The second-order valence-electron chi connectivity index (χ2n) is 7.93. The lowest BCUT2D eigenvalue weighted by molar-refractivity contribution is 0.00618. The molecule has 2 heterocycles. The topological polar surface area (TPSA) is 57.0 Å². The van der Waals surface area contributed by atoms with Crippen LogP contribution < -0.4 is 0 Å². The van der Waals surface area contributed by atoms with Crippen molar-refractivity contribution < 1.29 is 19.1 Å². The maximum Gasteiger partial charge on any atom is 0.355 e. The van der Waals surface area contributed by atoms with E-state index in [1.165, 1.54) is 5.56 Å². The van der Waals surface area contributed by atoms with Crippen LogP contribution in [0, 0.1) is 0 Å². The minimum absolute atomic E-state index is 0.268. The second kappa shape index (κ2) is 9.39. The fraction of sp³-hybridized carbons (Fsp3) is 0.333. The van der Waals surface area contributed by atoms with Crippen molar-refractivity contribution in [3.63, 3.8) is 0 Å². The number of nitrogens with zero attached hydrogens (tertiary/aromatic N) is 1.